The molecule has 0 aliphatic carbocycles. The molecule has 1 aliphatic rings. The van der Waals surface area contributed by atoms with E-state index in [1.165, 1.54) is 0 Å². The van der Waals surface area contributed by atoms with E-state index in [1.807, 2.05) is 39.0 Å². The predicted octanol–water partition coefficient (Wildman–Crippen LogP) is 2.42. The van der Waals surface area contributed by atoms with Gasteiger partial charge in [0.1, 0.15) is 0 Å². The number of hydrogen-bond donors (Lipinski definition) is 1. The van der Waals surface area contributed by atoms with Crippen molar-refractivity contribution in [3.05, 3.63) is 34.9 Å². The smallest absolute Gasteiger partial charge is 0.308 e. The van der Waals surface area contributed by atoms with Crippen LogP contribution in [0.15, 0.2) is 18.2 Å². The van der Waals surface area contributed by atoms with Gasteiger partial charge in [-0.1, -0.05) is 30.7 Å². The van der Waals surface area contributed by atoms with E-state index in [0.29, 0.717) is 25.9 Å². The highest BCUT2D eigenvalue weighted by atomic mass is 16.4. The first-order chi connectivity index (χ1) is 9.86. The minimum absolute atomic E-state index is 0.0292. The van der Waals surface area contributed by atoms with Crippen LogP contribution in [0.5, 0.6) is 0 Å². The molecule has 114 valence electrons. The Labute approximate surface area is 125 Å². The summed E-state index contributed by atoms with van der Waals surface area (Å²) >= 11 is 0. The van der Waals surface area contributed by atoms with Crippen molar-refractivity contribution in [2.24, 2.45) is 11.8 Å². The summed E-state index contributed by atoms with van der Waals surface area (Å²) in [5.41, 5.74) is 3.28. The number of piperidine rings is 1. The molecule has 4 heteroatoms. The second-order valence-electron chi connectivity index (χ2n) is 6.28. The standard InChI is InChI=1S/C17H23NO3/c1-11-4-5-13(3)14(6-11)8-16(19)18-9-12(2)7-15(10-18)17(20)21/h4-6,12,15H,7-10H2,1-3H3,(H,20,21). The molecule has 1 saturated heterocycles. The summed E-state index contributed by atoms with van der Waals surface area (Å²) in [6.07, 6.45) is 1.01. The second-order valence-corrected chi connectivity index (χ2v) is 6.28. The first kappa shape index (κ1) is 15.5. The molecule has 1 aliphatic heterocycles. The molecule has 0 aromatic heterocycles. The SMILES string of the molecule is Cc1ccc(C)c(CC(=O)N2CC(C)CC(C(=O)O)C2)c1. The highest BCUT2D eigenvalue weighted by molar-refractivity contribution is 5.80. The molecule has 0 spiro atoms. The molecule has 1 amide bonds. The molecule has 4 nitrogen and oxygen atoms in total. The lowest BCUT2D eigenvalue weighted by Gasteiger charge is -2.34. The molecule has 0 bridgehead atoms. The maximum atomic E-state index is 12.5. The number of hydrogen-bond acceptors (Lipinski definition) is 2. The number of carbonyl (C=O) groups excluding carboxylic acids is 1. The minimum Gasteiger partial charge on any atom is -0.481 e. The number of amides is 1. The van der Waals surface area contributed by atoms with E-state index >= 15 is 0 Å². The molecule has 0 radical (unpaired) electrons. The molecule has 21 heavy (non-hydrogen) atoms. The normalized spacial score (nSPS) is 22.1. The Morgan fingerprint density at radius 3 is 2.67 bits per heavy atom. The van der Waals surface area contributed by atoms with Gasteiger partial charge in [-0.2, -0.15) is 0 Å². The average Bonchev–Trinajstić information content (AvgIpc) is 2.42. The summed E-state index contributed by atoms with van der Waals surface area (Å²) in [5, 5.41) is 9.19. The number of likely N-dealkylation sites (tertiary alicyclic amines) is 1. The Morgan fingerprint density at radius 1 is 1.29 bits per heavy atom. The third-order valence-electron chi connectivity index (χ3n) is 4.21. The number of nitrogens with zero attached hydrogens (tertiary/aromatic N) is 1. The topological polar surface area (TPSA) is 57.6 Å². The third kappa shape index (κ3) is 3.84. The summed E-state index contributed by atoms with van der Waals surface area (Å²) in [6, 6.07) is 6.10. The Morgan fingerprint density at radius 2 is 2.00 bits per heavy atom. The van der Waals surface area contributed by atoms with Crippen LogP contribution in [-0.2, 0) is 16.0 Å². The van der Waals surface area contributed by atoms with Gasteiger partial charge in [0.2, 0.25) is 5.91 Å². The van der Waals surface area contributed by atoms with E-state index in [2.05, 4.69) is 0 Å². The van der Waals surface area contributed by atoms with Crippen LogP contribution in [0, 0.1) is 25.7 Å². The fourth-order valence-corrected chi connectivity index (χ4v) is 3.00. The van der Waals surface area contributed by atoms with E-state index in [4.69, 9.17) is 0 Å². The van der Waals surface area contributed by atoms with Gasteiger partial charge in [-0.05, 0) is 37.3 Å². The van der Waals surface area contributed by atoms with Crippen LogP contribution in [0.3, 0.4) is 0 Å². The Hall–Kier alpha value is -1.84. The van der Waals surface area contributed by atoms with Crippen molar-refractivity contribution in [2.45, 2.75) is 33.6 Å². The summed E-state index contributed by atoms with van der Waals surface area (Å²) in [6.45, 7) is 7.02. The molecular formula is C17H23NO3. The van der Waals surface area contributed by atoms with Crippen molar-refractivity contribution < 1.29 is 14.7 Å². The van der Waals surface area contributed by atoms with Crippen molar-refractivity contribution in [1.29, 1.82) is 0 Å². The van der Waals surface area contributed by atoms with E-state index in [1.54, 1.807) is 4.90 Å². The number of benzene rings is 1. The third-order valence-corrected chi connectivity index (χ3v) is 4.21. The van der Waals surface area contributed by atoms with Crippen LogP contribution in [-0.4, -0.2) is 35.0 Å². The number of aryl methyl sites for hydroxylation is 2. The quantitative estimate of drug-likeness (QED) is 0.929. The fourth-order valence-electron chi connectivity index (χ4n) is 3.00. The van der Waals surface area contributed by atoms with Gasteiger partial charge in [-0.3, -0.25) is 9.59 Å². The number of aliphatic carboxylic acids is 1. The van der Waals surface area contributed by atoms with Gasteiger partial charge in [-0.15, -0.1) is 0 Å². The number of carboxylic acid groups (broad SMARTS) is 1. The molecule has 1 N–H and O–H groups in total. The predicted molar refractivity (Wildman–Crippen MR) is 81.1 cm³/mol. The van der Waals surface area contributed by atoms with Crippen molar-refractivity contribution in [1.82, 2.24) is 4.90 Å². The van der Waals surface area contributed by atoms with Crippen LogP contribution in [0.2, 0.25) is 0 Å². The maximum absolute atomic E-state index is 12.5. The van der Waals surface area contributed by atoms with Gasteiger partial charge in [-0.25, -0.2) is 0 Å². The number of carboxylic acids is 1. The molecular weight excluding hydrogens is 266 g/mol. The summed E-state index contributed by atoms with van der Waals surface area (Å²) < 4.78 is 0. The highest BCUT2D eigenvalue weighted by Gasteiger charge is 2.31. The van der Waals surface area contributed by atoms with Crippen molar-refractivity contribution in [3.63, 3.8) is 0 Å². The Bertz CT molecular complexity index is 553. The lowest BCUT2D eigenvalue weighted by Crippen LogP contribution is -2.46. The van der Waals surface area contributed by atoms with Gasteiger partial charge in [0.25, 0.3) is 0 Å². The fraction of sp³-hybridized carbons (Fsp3) is 0.529. The zero-order chi connectivity index (χ0) is 15.6. The molecule has 2 rings (SSSR count). The van der Waals surface area contributed by atoms with Gasteiger partial charge in [0.15, 0.2) is 0 Å². The first-order valence-corrected chi connectivity index (χ1v) is 7.43. The van der Waals surface area contributed by atoms with E-state index in [-0.39, 0.29) is 11.8 Å². The molecule has 0 saturated carbocycles. The minimum atomic E-state index is -0.800. The Balaban J connectivity index is 2.08. The van der Waals surface area contributed by atoms with Gasteiger partial charge >= 0.3 is 5.97 Å². The van der Waals surface area contributed by atoms with Crippen LogP contribution < -0.4 is 0 Å². The number of rotatable bonds is 3. The second kappa shape index (κ2) is 6.29. The van der Waals surface area contributed by atoms with Crippen molar-refractivity contribution in [3.8, 4) is 0 Å². The zero-order valence-corrected chi connectivity index (χ0v) is 12.9. The lowest BCUT2D eigenvalue weighted by atomic mass is 9.90. The van der Waals surface area contributed by atoms with Crippen molar-refractivity contribution in [2.75, 3.05) is 13.1 Å². The molecule has 1 aromatic carbocycles. The molecule has 2 unspecified atom stereocenters. The highest BCUT2D eigenvalue weighted by Crippen LogP contribution is 2.23. The van der Waals surface area contributed by atoms with Gasteiger partial charge in [0, 0.05) is 13.1 Å². The summed E-state index contributed by atoms with van der Waals surface area (Å²) in [5.74, 6) is -0.966. The van der Waals surface area contributed by atoms with Gasteiger partial charge in [0.05, 0.1) is 12.3 Å². The molecule has 1 heterocycles. The van der Waals surface area contributed by atoms with Gasteiger partial charge < -0.3 is 10.0 Å². The van der Waals surface area contributed by atoms with E-state index in [0.717, 1.165) is 16.7 Å². The van der Waals surface area contributed by atoms with Crippen LogP contribution in [0.1, 0.15) is 30.0 Å². The van der Waals surface area contributed by atoms with E-state index < -0.39 is 11.9 Å². The van der Waals surface area contributed by atoms with Crippen molar-refractivity contribution >= 4 is 11.9 Å². The molecule has 2 atom stereocenters. The van der Waals surface area contributed by atoms with E-state index in [9.17, 15) is 14.7 Å². The lowest BCUT2D eigenvalue weighted by molar-refractivity contribution is -0.146. The largest absolute Gasteiger partial charge is 0.481 e. The maximum Gasteiger partial charge on any atom is 0.308 e. The average molecular weight is 289 g/mol. The van der Waals surface area contributed by atoms with Crippen LogP contribution in [0.25, 0.3) is 0 Å². The van der Waals surface area contributed by atoms with Crippen LogP contribution >= 0.6 is 0 Å². The molecule has 1 fully saturated rings. The first-order valence-electron chi connectivity index (χ1n) is 7.43. The Kier molecular flexibility index (Phi) is 4.66. The van der Waals surface area contributed by atoms with Crippen LogP contribution in [0.4, 0.5) is 0 Å². The molecule has 1 aromatic rings. The number of carbonyl (C=O) groups is 2. The summed E-state index contributed by atoms with van der Waals surface area (Å²) in [4.78, 5) is 25.4. The summed E-state index contributed by atoms with van der Waals surface area (Å²) in [7, 11) is 0. The monoisotopic (exact) mass is 289 g/mol. The zero-order valence-electron chi connectivity index (χ0n) is 12.9.